The van der Waals surface area contributed by atoms with Gasteiger partial charge in [-0.25, -0.2) is 8.42 Å². The van der Waals surface area contributed by atoms with Gasteiger partial charge in [0.05, 0.1) is 17.8 Å². The van der Waals surface area contributed by atoms with Crippen LogP contribution in [0.15, 0.2) is 0 Å². The van der Waals surface area contributed by atoms with Crippen molar-refractivity contribution in [3.63, 3.8) is 0 Å². The molecule has 5 nitrogen and oxygen atoms in total. The first-order valence-corrected chi connectivity index (χ1v) is 6.99. The maximum Gasteiger partial charge on any atom is 0.309 e. The molecule has 0 radical (unpaired) electrons. The molecule has 0 aliphatic heterocycles. The molecule has 0 rings (SSSR count). The van der Waals surface area contributed by atoms with Gasteiger partial charge in [0.1, 0.15) is 0 Å². The third-order valence-electron chi connectivity index (χ3n) is 2.61. The predicted octanol–water partition coefficient (Wildman–Crippen LogP) is 0.208. The van der Waals surface area contributed by atoms with Gasteiger partial charge in [-0.05, 0) is 13.8 Å². The lowest BCUT2D eigenvalue weighted by atomic mass is 10.1. The van der Waals surface area contributed by atoms with E-state index in [1.807, 2.05) is 0 Å². The van der Waals surface area contributed by atoms with E-state index in [2.05, 4.69) is 10.1 Å². The summed E-state index contributed by atoms with van der Waals surface area (Å²) in [6.45, 7) is 5.75. The minimum atomic E-state index is -3.10. The van der Waals surface area contributed by atoms with Gasteiger partial charge in [-0.2, -0.15) is 0 Å². The number of nitrogens with one attached hydrogen (secondary N) is 1. The summed E-state index contributed by atoms with van der Waals surface area (Å²) in [6.07, 6.45) is 1.21. The Morgan fingerprint density at radius 2 is 1.94 bits per heavy atom. The van der Waals surface area contributed by atoms with E-state index < -0.39 is 14.6 Å². The van der Waals surface area contributed by atoms with Crippen LogP contribution in [-0.2, 0) is 19.4 Å². The van der Waals surface area contributed by atoms with E-state index in [-0.39, 0.29) is 11.9 Å². The van der Waals surface area contributed by atoms with Gasteiger partial charge < -0.3 is 10.1 Å². The standard InChI is InChI=1S/C10H21NO4S/c1-8(9(12)15-4)6-11-7-10(2,3)16(5,13)14/h8,11H,6-7H2,1-5H3. The molecule has 1 unspecified atom stereocenters. The van der Waals surface area contributed by atoms with Crippen molar-refractivity contribution >= 4 is 15.8 Å². The molecule has 0 saturated carbocycles. The fraction of sp³-hybridized carbons (Fsp3) is 0.900. The van der Waals surface area contributed by atoms with Gasteiger partial charge in [-0.1, -0.05) is 6.92 Å². The second-order valence-corrected chi connectivity index (χ2v) is 7.24. The van der Waals surface area contributed by atoms with Crippen LogP contribution in [0.4, 0.5) is 0 Å². The smallest absolute Gasteiger partial charge is 0.309 e. The summed E-state index contributed by atoms with van der Waals surface area (Å²) >= 11 is 0. The molecule has 0 saturated heterocycles. The number of methoxy groups -OCH3 is 1. The molecule has 0 aromatic rings. The summed E-state index contributed by atoms with van der Waals surface area (Å²) in [5.74, 6) is -0.579. The highest BCUT2D eigenvalue weighted by atomic mass is 32.2. The predicted molar refractivity (Wildman–Crippen MR) is 63.0 cm³/mol. The first-order chi connectivity index (χ1) is 7.12. The van der Waals surface area contributed by atoms with Gasteiger partial charge in [-0.3, -0.25) is 4.79 Å². The van der Waals surface area contributed by atoms with Crippen molar-refractivity contribution in [2.45, 2.75) is 25.5 Å². The Kier molecular flexibility index (Phi) is 5.41. The van der Waals surface area contributed by atoms with Crippen molar-refractivity contribution in [2.75, 3.05) is 26.5 Å². The van der Waals surface area contributed by atoms with Crippen molar-refractivity contribution in [3.05, 3.63) is 0 Å². The molecule has 96 valence electrons. The van der Waals surface area contributed by atoms with Crippen LogP contribution in [0.25, 0.3) is 0 Å². The number of ether oxygens (including phenoxy) is 1. The zero-order chi connectivity index (χ0) is 13.0. The summed E-state index contributed by atoms with van der Waals surface area (Å²) in [5, 5.41) is 2.97. The van der Waals surface area contributed by atoms with Gasteiger partial charge in [0.25, 0.3) is 0 Å². The van der Waals surface area contributed by atoms with Crippen LogP contribution in [0.1, 0.15) is 20.8 Å². The summed E-state index contributed by atoms with van der Waals surface area (Å²) < 4.78 is 26.5. The van der Waals surface area contributed by atoms with Gasteiger partial charge in [-0.15, -0.1) is 0 Å². The van der Waals surface area contributed by atoms with Crippen LogP contribution in [0.5, 0.6) is 0 Å². The molecule has 0 aromatic heterocycles. The van der Waals surface area contributed by atoms with E-state index in [0.717, 1.165) is 0 Å². The molecule has 6 heteroatoms. The van der Waals surface area contributed by atoms with Crippen molar-refractivity contribution in [3.8, 4) is 0 Å². The van der Waals surface area contributed by atoms with Gasteiger partial charge in [0.15, 0.2) is 9.84 Å². The minimum Gasteiger partial charge on any atom is -0.469 e. The van der Waals surface area contributed by atoms with Gasteiger partial charge >= 0.3 is 5.97 Å². The van der Waals surface area contributed by atoms with E-state index in [9.17, 15) is 13.2 Å². The number of sulfone groups is 1. The Morgan fingerprint density at radius 1 is 1.44 bits per heavy atom. The Labute approximate surface area is 97.5 Å². The van der Waals surface area contributed by atoms with Crippen LogP contribution in [0.3, 0.4) is 0 Å². The Balaban J connectivity index is 4.14. The van der Waals surface area contributed by atoms with Gasteiger partial charge in [0.2, 0.25) is 0 Å². The van der Waals surface area contributed by atoms with Crippen LogP contribution in [0.2, 0.25) is 0 Å². The maximum atomic E-state index is 11.4. The molecule has 0 aliphatic carbocycles. The normalized spacial score (nSPS) is 14.6. The highest BCUT2D eigenvalue weighted by Gasteiger charge is 2.29. The molecule has 0 amide bonds. The van der Waals surface area contributed by atoms with Crippen molar-refractivity contribution in [2.24, 2.45) is 5.92 Å². The van der Waals surface area contributed by atoms with E-state index >= 15 is 0 Å². The fourth-order valence-corrected chi connectivity index (χ4v) is 1.37. The molecule has 0 aromatic carbocycles. The molecule has 0 fully saturated rings. The zero-order valence-electron chi connectivity index (χ0n) is 10.5. The third-order valence-corrected chi connectivity index (χ3v) is 4.76. The molecular weight excluding hydrogens is 230 g/mol. The lowest BCUT2D eigenvalue weighted by Gasteiger charge is -2.23. The summed E-state index contributed by atoms with van der Waals surface area (Å²) in [5.41, 5.74) is 0. The van der Waals surface area contributed by atoms with E-state index in [1.165, 1.54) is 13.4 Å². The van der Waals surface area contributed by atoms with Gasteiger partial charge in [0, 0.05) is 19.3 Å². The number of esters is 1. The van der Waals surface area contributed by atoms with Crippen molar-refractivity contribution in [1.82, 2.24) is 5.32 Å². The largest absolute Gasteiger partial charge is 0.469 e. The molecule has 16 heavy (non-hydrogen) atoms. The first kappa shape index (κ1) is 15.4. The summed E-state index contributed by atoms with van der Waals surface area (Å²) in [7, 11) is -1.77. The van der Waals surface area contributed by atoms with E-state index in [0.29, 0.717) is 13.1 Å². The molecule has 0 aliphatic rings. The lowest BCUT2D eigenvalue weighted by Crippen LogP contribution is -2.43. The Hall–Kier alpha value is -0.620. The number of carbonyl (C=O) groups excluding carboxylic acids is 1. The van der Waals surface area contributed by atoms with Crippen molar-refractivity contribution in [1.29, 1.82) is 0 Å². The number of hydrogen-bond donors (Lipinski definition) is 1. The average molecular weight is 251 g/mol. The lowest BCUT2D eigenvalue weighted by molar-refractivity contribution is -0.144. The number of rotatable bonds is 6. The van der Waals surface area contributed by atoms with E-state index in [1.54, 1.807) is 20.8 Å². The van der Waals surface area contributed by atoms with Crippen LogP contribution in [0, 0.1) is 5.92 Å². The SMILES string of the molecule is COC(=O)C(C)CNCC(C)(C)S(C)(=O)=O. The highest BCUT2D eigenvalue weighted by molar-refractivity contribution is 7.92. The van der Waals surface area contributed by atoms with Crippen LogP contribution < -0.4 is 5.32 Å². The quantitative estimate of drug-likeness (QED) is 0.683. The first-order valence-electron chi connectivity index (χ1n) is 5.10. The molecule has 0 bridgehead atoms. The number of carbonyl (C=O) groups is 1. The molecule has 0 heterocycles. The fourth-order valence-electron chi connectivity index (χ4n) is 1.01. The average Bonchev–Trinajstić information content (AvgIpc) is 2.14. The molecule has 0 spiro atoms. The monoisotopic (exact) mass is 251 g/mol. The Bertz CT molecular complexity index is 335. The summed E-state index contributed by atoms with van der Waals surface area (Å²) in [4.78, 5) is 11.1. The Morgan fingerprint density at radius 3 is 2.31 bits per heavy atom. The molecular formula is C10H21NO4S. The minimum absolute atomic E-state index is 0.277. The number of hydrogen-bond acceptors (Lipinski definition) is 5. The molecule has 1 N–H and O–H groups in total. The van der Waals surface area contributed by atoms with Crippen LogP contribution >= 0.6 is 0 Å². The second kappa shape index (κ2) is 5.63. The highest BCUT2D eigenvalue weighted by Crippen LogP contribution is 2.13. The van der Waals surface area contributed by atoms with E-state index in [4.69, 9.17) is 0 Å². The summed E-state index contributed by atoms with van der Waals surface area (Å²) in [6, 6.07) is 0. The second-order valence-electron chi connectivity index (χ2n) is 4.59. The molecule has 1 atom stereocenters. The van der Waals surface area contributed by atoms with Crippen LogP contribution in [-0.4, -0.2) is 45.6 Å². The topological polar surface area (TPSA) is 72.5 Å². The third kappa shape index (κ3) is 4.49. The van der Waals surface area contributed by atoms with Crippen molar-refractivity contribution < 1.29 is 17.9 Å². The zero-order valence-corrected chi connectivity index (χ0v) is 11.3. The maximum absolute atomic E-state index is 11.4.